The number of nitrogens with one attached hydrogen (secondary N) is 2. The van der Waals surface area contributed by atoms with Crippen LogP contribution in [0.3, 0.4) is 0 Å². The van der Waals surface area contributed by atoms with E-state index in [4.69, 9.17) is 0 Å². The van der Waals surface area contributed by atoms with E-state index in [1.54, 1.807) is 32.0 Å². The highest BCUT2D eigenvalue weighted by Gasteiger charge is 2.21. The van der Waals surface area contributed by atoms with Crippen LogP contribution in [0.4, 0.5) is 11.4 Å². The van der Waals surface area contributed by atoms with Crippen molar-refractivity contribution in [3.8, 4) is 0 Å². The number of benzene rings is 2. The molecule has 0 unspecified atom stereocenters. The summed E-state index contributed by atoms with van der Waals surface area (Å²) in [6, 6.07) is 8.69. The molecule has 0 aliphatic heterocycles. The molecular formula is C17H19BrN2O3S. The lowest BCUT2D eigenvalue weighted by molar-refractivity contribution is -0.114. The van der Waals surface area contributed by atoms with Crippen molar-refractivity contribution in [2.24, 2.45) is 0 Å². The Balaban J connectivity index is 2.44. The minimum absolute atomic E-state index is 0.203. The van der Waals surface area contributed by atoms with Crippen LogP contribution >= 0.6 is 15.9 Å². The standard InChI is InChI=1S/C17H19BrN2O3S/c1-10-5-6-16(15(18)7-10)20-24(22,23)17-11(2)8-14(9-12(17)3)19-13(4)21/h5-9,20H,1-4H3,(H,19,21). The van der Waals surface area contributed by atoms with Crippen molar-refractivity contribution in [3.05, 3.63) is 51.5 Å². The van der Waals surface area contributed by atoms with Crippen molar-refractivity contribution in [2.45, 2.75) is 32.6 Å². The number of halogens is 1. The van der Waals surface area contributed by atoms with Gasteiger partial charge in [0.05, 0.1) is 10.6 Å². The molecule has 0 heterocycles. The van der Waals surface area contributed by atoms with Crippen molar-refractivity contribution in [2.75, 3.05) is 10.0 Å². The summed E-state index contributed by atoms with van der Waals surface area (Å²) in [6.45, 7) is 6.75. The molecule has 0 fully saturated rings. The van der Waals surface area contributed by atoms with Crippen LogP contribution in [0.1, 0.15) is 23.6 Å². The molecule has 2 rings (SSSR count). The summed E-state index contributed by atoms with van der Waals surface area (Å²) in [7, 11) is -3.75. The Morgan fingerprint density at radius 3 is 2.12 bits per heavy atom. The van der Waals surface area contributed by atoms with Gasteiger partial charge in [-0.15, -0.1) is 0 Å². The van der Waals surface area contributed by atoms with E-state index >= 15 is 0 Å². The van der Waals surface area contributed by atoms with Crippen LogP contribution in [0.5, 0.6) is 0 Å². The number of sulfonamides is 1. The lowest BCUT2D eigenvalue weighted by atomic mass is 10.1. The van der Waals surface area contributed by atoms with E-state index in [9.17, 15) is 13.2 Å². The molecule has 0 aliphatic rings. The van der Waals surface area contributed by atoms with Crippen LogP contribution < -0.4 is 10.0 Å². The van der Waals surface area contributed by atoms with Crippen LogP contribution in [0.2, 0.25) is 0 Å². The first-order valence-electron chi connectivity index (χ1n) is 7.28. The van der Waals surface area contributed by atoms with Gasteiger partial charge in [-0.3, -0.25) is 9.52 Å². The average molecular weight is 411 g/mol. The summed E-state index contributed by atoms with van der Waals surface area (Å²) in [4.78, 5) is 11.4. The van der Waals surface area contributed by atoms with Crippen LogP contribution in [0, 0.1) is 20.8 Å². The first-order chi connectivity index (χ1) is 11.1. The fourth-order valence-corrected chi connectivity index (χ4v) is 4.81. The molecule has 2 aromatic rings. The predicted octanol–water partition coefficient (Wildman–Crippen LogP) is 4.13. The lowest BCUT2D eigenvalue weighted by Crippen LogP contribution is -2.17. The van der Waals surface area contributed by atoms with E-state index in [0.29, 0.717) is 27.0 Å². The highest BCUT2D eigenvalue weighted by Crippen LogP contribution is 2.29. The molecule has 0 aliphatic carbocycles. The van der Waals surface area contributed by atoms with E-state index in [0.717, 1.165) is 5.56 Å². The van der Waals surface area contributed by atoms with Gasteiger partial charge in [0.25, 0.3) is 10.0 Å². The van der Waals surface area contributed by atoms with Gasteiger partial charge in [0, 0.05) is 17.1 Å². The molecule has 1 amide bonds. The number of aryl methyl sites for hydroxylation is 3. The smallest absolute Gasteiger partial charge is 0.262 e. The monoisotopic (exact) mass is 410 g/mol. The van der Waals surface area contributed by atoms with E-state index in [1.165, 1.54) is 6.92 Å². The zero-order chi connectivity index (χ0) is 18.1. The summed E-state index contributed by atoms with van der Waals surface area (Å²) in [6.07, 6.45) is 0. The van der Waals surface area contributed by atoms with E-state index in [1.807, 2.05) is 19.1 Å². The lowest BCUT2D eigenvalue weighted by Gasteiger charge is -2.16. The zero-order valence-electron chi connectivity index (χ0n) is 13.9. The molecule has 0 atom stereocenters. The number of carbonyl (C=O) groups is 1. The second-order valence-corrected chi connectivity index (χ2v) is 8.18. The number of hydrogen-bond donors (Lipinski definition) is 2. The predicted molar refractivity (Wildman–Crippen MR) is 99.9 cm³/mol. The summed E-state index contributed by atoms with van der Waals surface area (Å²) in [5.74, 6) is -0.203. The van der Waals surface area contributed by atoms with Gasteiger partial charge < -0.3 is 5.32 Å². The van der Waals surface area contributed by atoms with Crippen molar-refractivity contribution in [1.29, 1.82) is 0 Å². The normalized spacial score (nSPS) is 11.2. The first-order valence-corrected chi connectivity index (χ1v) is 9.55. The molecule has 0 saturated carbocycles. The van der Waals surface area contributed by atoms with Gasteiger partial charge in [-0.2, -0.15) is 0 Å². The zero-order valence-corrected chi connectivity index (χ0v) is 16.3. The molecule has 0 aromatic heterocycles. The van der Waals surface area contributed by atoms with Gasteiger partial charge in [-0.05, 0) is 77.7 Å². The number of amides is 1. The molecule has 7 heteroatoms. The van der Waals surface area contributed by atoms with Crippen molar-refractivity contribution >= 4 is 43.2 Å². The Labute approximate surface area is 150 Å². The Hall–Kier alpha value is -1.86. The third-order valence-corrected chi connectivity index (χ3v) is 5.74. The Bertz CT molecular complexity index is 885. The highest BCUT2D eigenvalue weighted by atomic mass is 79.9. The maximum atomic E-state index is 12.8. The van der Waals surface area contributed by atoms with Crippen LogP contribution in [-0.4, -0.2) is 14.3 Å². The Morgan fingerprint density at radius 2 is 1.62 bits per heavy atom. The third-order valence-electron chi connectivity index (χ3n) is 3.42. The molecule has 24 heavy (non-hydrogen) atoms. The topological polar surface area (TPSA) is 75.3 Å². The van der Waals surface area contributed by atoms with Crippen LogP contribution in [0.25, 0.3) is 0 Å². The molecule has 5 nitrogen and oxygen atoms in total. The van der Waals surface area contributed by atoms with Crippen molar-refractivity contribution < 1.29 is 13.2 Å². The van der Waals surface area contributed by atoms with Gasteiger partial charge in [-0.25, -0.2) is 8.42 Å². The SMILES string of the molecule is CC(=O)Nc1cc(C)c(S(=O)(=O)Nc2ccc(C)cc2Br)c(C)c1. The summed E-state index contributed by atoms with van der Waals surface area (Å²) >= 11 is 3.37. The summed E-state index contributed by atoms with van der Waals surface area (Å²) < 4.78 is 28.9. The number of hydrogen-bond acceptors (Lipinski definition) is 3. The average Bonchev–Trinajstić information content (AvgIpc) is 2.39. The minimum Gasteiger partial charge on any atom is -0.326 e. The first kappa shape index (κ1) is 18.5. The molecule has 0 bridgehead atoms. The van der Waals surface area contributed by atoms with Crippen LogP contribution in [0.15, 0.2) is 39.7 Å². The van der Waals surface area contributed by atoms with Crippen LogP contribution in [-0.2, 0) is 14.8 Å². The summed E-state index contributed by atoms with van der Waals surface area (Å²) in [5, 5.41) is 2.67. The quantitative estimate of drug-likeness (QED) is 0.794. The maximum absolute atomic E-state index is 12.8. The van der Waals surface area contributed by atoms with Gasteiger partial charge in [-0.1, -0.05) is 6.07 Å². The molecular weight excluding hydrogens is 392 g/mol. The van der Waals surface area contributed by atoms with E-state index in [-0.39, 0.29) is 10.8 Å². The molecule has 128 valence electrons. The minimum atomic E-state index is -3.75. The highest BCUT2D eigenvalue weighted by molar-refractivity contribution is 9.10. The number of carbonyl (C=O) groups excluding carboxylic acids is 1. The van der Waals surface area contributed by atoms with E-state index < -0.39 is 10.0 Å². The Morgan fingerprint density at radius 1 is 1.04 bits per heavy atom. The van der Waals surface area contributed by atoms with Crippen molar-refractivity contribution in [3.63, 3.8) is 0 Å². The fourth-order valence-electron chi connectivity index (χ4n) is 2.55. The van der Waals surface area contributed by atoms with Crippen molar-refractivity contribution in [1.82, 2.24) is 0 Å². The van der Waals surface area contributed by atoms with E-state index in [2.05, 4.69) is 26.0 Å². The second kappa shape index (κ2) is 6.94. The Kier molecular flexibility index (Phi) is 5.35. The summed E-state index contributed by atoms with van der Waals surface area (Å²) in [5.41, 5.74) is 3.21. The van der Waals surface area contributed by atoms with Gasteiger partial charge in [0.1, 0.15) is 0 Å². The third kappa shape index (κ3) is 4.15. The molecule has 2 N–H and O–H groups in total. The van der Waals surface area contributed by atoms with Gasteiger partial charge in [0.15, 0.2) is 0 Å². The maximum Gasteiger partial charge on any atom is 0.262 e. The van der Waals surface area contributed by atoms with Gasteiger partial charge in [0.2, 0.25) is 5.91 Å². The molecule has 2 aromatic carbocycles. The number of anilines is 2. The van der Waals surface area contributed by atoms with Gasteiger partial charge >= 0.3 is 0 Å². The molecule has 0 radical (unpaired) electrons. The largest absolute Gasteiger partial charge is 0.326 e. The number of rotatable bonds is 4. The second-order valence-electron chi connectivity index (χ2n) is 5.71. The molecule has 0 spiro atoms. The molecule has 0 saturated heterocycles. The fraction of sp³-hybridized carbons (Fsp3) is 0.235.